The molecular formula is C8H15NO6S2. The monoisotopic (exact) mass is 285 g/mol. The van der Waals surface area contributed by atoms with Crippen molar-refractivity contribution in [3.63, 3.8) is 0 Å². The van der Waals surface area contributed by atoms with Crippen molar-refractivity contribution >= 4 is 26.0 Å². The zero-order chi connectivity index (χ0) is 13.9. The third kappa shape index (κ3) is 5.80. The first-order valence-corrected chi connectivity index (χ1v) is 8.24. The highest BCUT2D eigenvalue weighted by Crippen LogP contribution is 2.07. The molecule has 0 aromatic rings. The van der Waals surface area contributed by atoms with Crippen molar-refractivity contribution < 1.29 is 26.7 Å². The number of rotatable bonds is 6. The normalized spacial score (nSPS) is 14.0. The Morgan fingerprint density at radius 3 is 1.88 bits per heavy atom. The van der Waals surface area contributed by atoms with Crippen LogP contribution in [0.5, 0.6) is 0 Å². The minimum Gasteiger partial charge on any atom is -0.478 e. The summed E-state index contributed by atoms with van der Waals surface area (Å²) in [6, 6.07) is 0. The molecule has 0 aliphatic carbocycles. The van der Waals surface area contributed by atoms with Crippen LogP contribution in [0.25, 0.3) is 0 Å². The van der Waals surface area contributed by atoms with Gasteiger partial charge in [0.25, 0.3) is 0 Å². The summed E-state index contributed by atoms with van der Waals surface area (Å²) >= 11 is 0. The predicted octanol–water partition coefficient (Wildman–Crippen LogP) is -0.371. The van der Waals surface area contributed by atoms with Gasteiger partial charge in [0.1, 0.15) is 0 Å². The van der Waals surface area contributed by atoms with Crippen molar-refractivity contribution in [2.75, 3.05) is 19.1 Å². The number of sulfonamides is 2. The Morgan fingerprint density at radius 1 is 1.18 bits per heavy atom. The standard InChI is InChI=1S/C8H15NO6S2/c1-7(8(10)11)5-4-6-9(16(2,12)13)17(3,14)15/h5H,4,6H2,1-3H3,(H,10,11). The maximum Gasteiger partial charge on any atom is 0.330 e. The van der Waals surface area contributed by atoms with E-state index < -0.39 is 26.0 Å². The van der Waals surface area contributed by atoms with Crippen LogP contribution in [-0.4, -0.2) is 50.7 Å². The molecule has 0 radical (unpaired) electrons. The highest BCUT2D eigenvalue weighted by molar-refractivity contribution is 8.03. The second kappa shape index (κ2) is 5.61. The van der Waals surface area contributed by atoms with Gasteiger partial charge in [-0.15, -0.1) is 0 Å². The van der Waals surface area contributed by atoms with Crippen LogP contribution in [0.2, 0.25) is 0 Å². The molecule has 0 saturated heterocycles. The minimum atomic E-state index is -3.87. The highest BCUT2D eigenvalue weighted by atomic mass is 32.3. The summed E-state index contributed by atoms with van der Waals surface area (Å²) in [6.07, 6.45) is 2.84. The summed E-state index contributed by atoms with van der Waals surface area (Å²) < 4.78 is 45.1. The van der Waals surface area contributed by atoms with Crippen molar-refractivity contribution in [2.24, 2.45) is 0 Å². The van der Waals surface area contributed by atoms with E-state index in [0.29, 0.717) is 3.71 Å². The van der Waals surface area contributed by atoms with Gasteiger partial charge in [-0.1, -0.05) is 9.79 Å². The Labute approximate surface area is 101 Å². The predicted molar refractivity (Wildman–Crippen MR) is 62.4 cm³/mol. The van der Waals surface area contributed by atoms with E-state index >= 15 is 0 Å². The Kier molecular flexibility index (Phi) is 5.30. The topological polar surface area (TPSA) is 109 Å². The zero-order valence-corrected chi connectivity index (χ0v) is 11.4. The van der Waals surface area contributed by atoms with Gasteiger partial charge < -0.3 is 5.11 Å². The van der Waals surface area contributed by atoms with Gasteiger partial charge in [-0.3, -0.25) is 0 Å². The third-order valence-electron chi connectivity index (χ3n) is 1.84. The number of carboxylic acids is 1. The molecule has 0 fully saturated rings. The molecule has 9 heteroatoms. The van der Waals surface area contributed by atoms with Gasteiger partial charge in [-0.2, -0.15) is 0 Å². The molecular weight excluding hydrogens is 270 g/mol. The molecule has 1 N–H and O–H groups in total. The van der Waals surface area contributed by atoms with Crippen LogP contribution in [0.4, 0.5) is 0 Å². The van der Waals surface area contributed by atoms with Crippen LogP contribution in [0, 0.1) is 0 Å². The molecule has 0 aromatic heterocycles. The van der Waals surface area contributed by atoms with Gasteiger partial charge in [-0.05, 0) is 13.3 Å². The molecule has 17 heavy (non-hydrogen) atoms. The molecule has 0 rings (SSSR count). The molecule has 0 aliphatic heterocycles. The van der Waals surface area contributed by atoms with Crippen molar-refractivity contribution in [3.05, 3.63) is 11.6 Å². The number of hydrogen-bond donors (Lipinski definition) is 1. The van der Waals surface area contributed by atoms with Crippen molar-refractivity contribution in [3.8, 4) is 0 Å². The molecule has 0 spiro atoms. The molecule has 0 aromatic carbocycles. The molecule has 0 saturated carbocycles. The maximum atomic E-state index is 11.2. The van der Waals surface area contributed by atoms with Gasteiger partial charge in [0.15, 0.2) is 0 Å². The summed E-state index contributed by atoms with van der Waals surface area (Å²) in [6.45, 7) is 1.04. The maximum absolute atomic E-state index is 11.2. The van der Waals surface area contributed by atoms with E-state index in [4.69, 9.17) is 5.11 Å². The van der Waals surface area contributed by atoms with Crippen LogP contribution >= 0.6 is 0 Å². The molecule has 0 unspecified atom stereocenters. The Morgan fingerprint density at radius 2 is 1.59 bits per heavy atom. The Bertz CT molecular complexity index is 484. The smallest absolute Gasteiger partial charge is 0.330 e. The Balaban J connectivity index is 4.86. The van der Waals surface area contributed by atoms with E-state index in [2.05, 4.69) is 0 Å². The van der Waals surface area contributed by atoms with Crippen LogP contribution < -0.4 is 0 Å². The number of hydrogen-bond acceptors (Lipinski definition) is 5. The van der Waals surface area contributed by atoms with E-state index in [-0.39, 0.29) is 18.5 Å². The first-order chi connectivity index (χ1) is 7.46. The van der Waals surface area contributed by atoms with Crippen molar-refractivity contribution in [1.82, 2.24) is 3.71 Å². The SMILES string of the molecule is CC(=CCCN(S(C)(=O)=O)S(C)(=O)=O)C(=O)O. The second-order valence-electron chi connectivity index (χ2n) is 3.50. The fraction of sp³-hybridized carbons (Fsp3) is 0.625. The summed E-state index contributed by atoms with van der Waals surface area (Å²) in [7, 11) is -7.74. The number of aliphatic carboxylic acids is 1. The largest absolute Gasteiger partial charge is 0.478 e. The fourth-order valence-corrected chi connectivity index (χ4v) is 3.89. The average Bonchev–Trinajstić information content (AvgIpc) is 2.07. The van der Waals surface area contributed by atoms with Gasteiger partial charge in [0, 0.05) is 12.1 Å². The number of carbonyl (C=O) groups is 1. The molecule has 7 nitrogen and oxygen atoms in total. The van der Waals surface area contributed by atoms with Crippen LogP contribution in [0.3, 0.4) is 0 Å². The van der Waals surface area contributed by atoms with Gasteiger partial charge in [0.2, 0.25) is 20.0 Å². The lowest BCUT2D eigenvalue weighted by Crippen LogP contribution is -2.35. The number of nitrogens with zero attached hydrogens (tertiary/aromatic N) is 1. The van der Waals surface area contributed by atoms with Crippen molar-refractivity contribution in [2.45, 2.75) is 13.3 Å². The van der Waals surface area contributed by atoms with E-state index in [1.807, 2.05) is 0 Å². The van der Waals surface area contributed by atoms with Gasteiger partial charge >= 0.3 is 5.97 Å². The van der Waals surface area contributed by atoms with Crippen LogP contribution in [-0.2, 0) is 24.8 Å². The van der Waals surface area contributed by atoms with Crippen LogP contribution in [0.1, 0.15) is 13.3 Å². The molecule has 100 valence electrons. The molecule has 0 aliphatic rings. The quantitative estimate of drug-likeness (QED) is 0.667. The van der Waals surface area contributed by atoms with Gasteiger partial charge in [-0.25, -0.2) is 21.6 Å². The van der Waals surface area contributed by atoms with Crippen molar-refractivity contribution in [1.29, 1.82) is 0 Å². The van der Waals surface area contributed by atoms with E-state index in [1.165, 1.54) is 13.0 Å². The molecule has 0 atom stereocenters. The Hall–Kier alpha value is -0.930. The fourth-order valence-electron chi connectivity index (χ4n) is 1.05. The average molecular weight is 285 g/mol. The zero-order valence-electron chi connectivity index (χ0n) is 9.74. The molecule has 0 bridgehead atoms. The summed E-state index contributed by atoms with van der Waals surface area (Å²) in [5.74, 6) is -1.13. The lowest BCUT2D eigenvalue weighted by atomic mass is 10.2. The second-order valence-corrected chi connectivity index (χ2v) is 7.55. The first kappa shape index (κ1) is 16.1. The summed E-state index contributed by atoms with van der Waals surface area (Å²) in [5, 5.41) is 8.55. The lowest BCUT2D eigenvalue weighted by molar-refractivity contribution is -0.132. The van der Waals surface area contributed by atoms with E-state index in [9.17, 15) is 21.6 Å². The lowest BCUT2D eigenvalue weighted by Gasteiger charge is -2.16. The first-order valence-electron chi connectivity index (χ1n) is 4.54. The van der Waals surface area contributed by atoms with Crippen LogP contribution in [0.15, 0.2) is 11.6 Å². The number of carboxylic acid groups (broad SMARTS) is 1. The third-order valence-corrected chi connectivity index (χ3v) is 5.31. The highest BCUT2D eigenvalue weighted by Gasteiger charge is 2.25. The molecule has 0 heterocycles. The van der Waals surface area contributed by atoms with E-state index in [0.717, 1.165) is 12.5 Å². The summed E-state index contributed by atoms with van der Waals surface area (Å²) in [4.78, 5) is 10.5. The van der Waals surface area contributed by atoms with Gasteiger partial charge in [0.05, 0.1) is 12.5 Å². The molecule has 0 amide bonds. The van der Waals surface area contributed by atoms with E-state index in [1.54, 1.807) is 0 Å². The summed E-state index contributed by atoms with van der Waals surface area (Å²) in [5.41, 5.74) is 0.0342. The minimum absolute atomic E-state index is 0.0122.